The van der Waals surface area contributed by atoms with Crippen LogP contribution in [0.25, 0.3) is 0 Å². The summed E-state index contributed by atoms with van der Waals surface area (Å²) in [6, 6.07) is -3.78. The molecule has 1 aliphatic rings. The molecule has 0 saturated carbocycles. The number of carbonyl (C=O) groups is 4. The van der Waals surface area contributed by atoms with Crippen LogP contribution < -0.4 is 27.0 Å². The number of aliphatic hydroxyl groups excluding tert-OH is 1. The molecule has 5 unspecified atom stereocenters. The van der Waals surface area contributed by atoms with Crippen LogP contribution in [0.2, 0.25) is 0 Å². The minimum Gasteiger partial charge on any atom is -0.480 e. The molecule has 1 heterocycles. The fourth-order valence-electron chi connectivity index (χ4n) is 3.36. The first-order chi connectivity index (χ1) is 15.2. The SMILES string of the molecule is CSCCC(NC(=O)C(CCCCN)NC(=O)C(NC(=O)C1CCCN1)C(C)O)C(=O)O. The molecule has 1 rings (SSSR count). The monoisotopic (exact) mass is 475 g/mol. The zero-order valence-electron chi connectivity index (χ0n) is 18.8. The van der Waals surface area contributed by atoms with Gasteiger partial charge < -0.3 is 37.2 Å². The molecule has 1 aliphatic heterocycles. The van der Waals surface area contributed by atoms with Gasteiger partial charge in [0.25, 0.3) is 0 Å². The summed E-state index contributed by atoms with van der Waals surface area (Å²) in [5, 5.41) is 30.1. The van der Waals surface area contributed by atoms with Gasteiger partial charge in [-0.25, -0.2) is 4.79 Å². The highest BCUT2D eigenvalue weighted by Gasteiger charge is 2.33. The van der Waals surface area contributed by atoms with Crippen LogP contribution in [0.15, 0.2) is 0 Å². The van der Waals surface area contributed by atoms with Crippen molar-refractivity contribution in [1.29, 1.82) is 0 Å². The summed E-state index contributed by atoms with van der Waals surface area (Å²) in [6.45, 7) is 2.49. The second kappa shape index (κ2) is 15.0. The summed E-state index contributed by atoms with van der Waals surface area (Å²) >= 11 is 1.46. The Bertz CT molecular complexity index is 630. The van der Waals surface area contributed by atoms with E-state index in [0.717, 1.165) is 6.42 Å². The van der Waals surface area contributed by atoms with Gasteiger partial charge in [0.05, 0.1) is 12.1 Å². The van der Waals surface area contributed by atoms with Crippen LogP contribution in [0.5, 0.6) is 0 Å². The number of amides is 3. The van der Waals surface area contributed by atoms with Crippen LogP contribution in [-0.2, 0) is 19.2 Å². The van der Waals surface area contributed by atoms with E-state index in [9.17, 15) is 29.4 Å². The van der Waals surface area contributed by atoms with Gasteiger partial charge in [-0.05, 0) is 70.5 Å². The molecule has 0 radical (unpaired) electrons. The zero-order chi connectivity index (χ0) is 24.1. The van der Waals surface area contributed by atoms with E-state index >= 15 is 0 Å². The van der Waals surface area contributed by atoms with Gasteiger partial charge in [-0.3, -0.25) is 14.4 Å². The molecule has 184 valence electrons. The summed E-state index contributed by atoms with van der Waals surface area (Å²) in [4.78, 5) is 49.5. The van der Waals surface area contributed by atoms with Crippen LogP contribution in [0.1, 0.15) is 45.4 Å². The quantitative estimate of drug-likeness (QED) is 0.139. The standard InChI is InChI=1S/C20H37N5O6S/c1-12(26)16(25-17(27)13-7-5-10-22-13)19(29)23-14(6-3-4-9-21)18(28)24-15(20(30)31)8-11-32-2/h12-16,22,26H,3-11,21H2,1-2H3,(H,23,29)(H,24,28)(H,25,27)(H,30,31). The molecule has 32 heavy (non-hydrogen) atoms. The van der Waals surface area contributed by atoms with Gasteiger partial charge in [0.1, 0.15) is 18.1 Å². The van der Waals surface area contributed by atoms with Gasteiger partial charge in [-0.2, -0.15) is 11.8 Å². The van der Waals surface area contributed by atoms with Crippen molar-refractivity contribution < 1.29 is 29.4 Å². The minimum absolute atomic E-state index is 0.243. The van der Waals surface area contributed by atoms with Crippen LogP contribution >= 0.6 is 11.8 Å². The number of carbonyl (C=O) groups excluding carboxylic acids is 3. The third-order valence-corrected chi connectivity index (χ3v) is 5.89. The van der Waals surface area contributed by atoms with Gasteiger partial charge in [0.2, 0.25) is 17.7 Å². The Morgan fingerprint density at radius 2 is 1.78 bits per heavy atom. The smallest absolute Gasteiger partial charge is 0.326 e. The number of aliphatic hydroxyl groups is 1. The highest BCUT2D eigenvalue weighted by molar-refractivity contribution is 7.98. The van der Waals surface area contributed by atoms with Crippen LogP contribution in [0, 0.1) is 0 Å². The lowest BCUT2D eigenvalue weighted by atomic mass is 10.1. The van der Waals surface area contributed by atoms with Gasteiger partial charge in [-0.15, -0.1) is 0 Å². The summed E-state index contributed by atoms with van der Waals surface area (Å²) in [5.41, 5.74) is 5.52. The highest BCUT2D eigenvalue weighted by Crippen LogP contribution is 2.08. The second-order valence-corrected chi connectivity index (χ2v) is 8.89. The first kappa shape index (κ1) is 28.1. The number of thioether (sulfide) groups is 1. The number of unbranched alkanes of at least 4 members (excludes halogenated alkanes) is 1. The molecule has 1 fully saturated rings. The van der Waals surface area contributed by atoms with Gasteiger partial charge in [-0.1, -0.05) is 0 Å². The van der Waals surface area contributed by atoms with E-state index in [1.54, 1.807) is 0 Å². The van der Waals surface area contributed by atoms with E-state index in [-0.39, 0.29) is 12.8 Å². The van der Waals surface area contributed by atoms with Crippen molar-refractivity contribution in [2.24, 2.45) is 5.73 Å². The Morgan fingerprint density at radius 3 is 2.31 bits per heavy atom. The summed E-state index contributed by atoms with van der Waals surface area (Å²) in [7, 11) is 0. The lowest BCUT2D eigenvalue weighted by Crippen LogP contribution is -2.59. The molecule has 0 bridgehead atoms. The Morgan fingerprint density at radius 1 is 1.09 bits per heavy atom. The van der Waals surface area contributed by atoms with E-state index in [1.165, 1.54) is 18.7 Å². The molecule has 11 nitrogen and oxygen atoms in total. The van der Waals surface area contributed by atoms with Crippen molar-refractivity contribution in [3.05, 3.63) is 0 Å². The fourth-order valence-corrected chi connectivity index (χ4v) is 3.83. The van der Waals surface area contributed by atoms with Crippen LogP contribution in [-0.4, -0.2) is 89.3 Å². The number of nitrogens with one attached hydrogen (secondary N) is 4. The lowest BCUT2D eigenvalue weighted by molar-refractivity contribution is -0.142. The Hall–Kier alpha value is -1.89. The van der Waals surface area contributed by atoms with Crippen molar-refractivity contribution in [2.45, 2.75) is 75.7 Å². The first-order valence-electron chi connectivity index (χ1n) is 11.0. The van der Waals surface area contributed by atoms with Crippen LogP contribution in [0.4, 0.5) is 0 Å². The Labute approximate surface area is 193 Å². The maximum atomic E-state index is 12.8. The van der Waals surface area contributed by atoms with Crippen molar-refractivity contribution in [1.82, 2.24) is 21.3 Å². The molecular formula is C20H37N5O6S. The zero-order valence-corrected chi connectivity index (χ0v) is 19.6. The molecule has 3 amide bonds. The summed E-state index contributed by atoms with van der Waals surface area (Å²) in [5.74, 6) is -2.34. The summed E-state index contributed by atoms with van der Waals surface area (Å²) < 4.78 is 0. The van der Waals surface area contributed by atoms with E-state index in [1.807, 2.05) is 6.26 Å². The van der Waals surface area contributed by atoms with Gasteiger partial charge in [0, 0.05) is 0 Å². The number of aliphatic carboxylic acids is 1. The third-order valence-electron chi connectivity index (χ3n) is 5.24. The minimum atomic E-state index is -1.25. The largest absolute Gasteiger partial charge is 0.480 e. The molecule has 0 aromatic rings. The number of carboxylic acid groups (broad SMARTS) is 1. The molecular weight excluding hydrogens is 438 g/mol. The van der Waals surface area contributed by atoms with Gasteiger partial charge in [0.15, 0.2) is 0 Å². The number of hydrogen-bond donors (Lipinski definition) is 7. The Kier molecular flexibility index (Phi) is 13.2. The summed E-state index contributed by atoms with van der Waals surface area (Å²) in [6.07, 6.45) is 3.77. The van der Waals surface area contributed by atoms with E-state index in [0.29, 0.717) is 38.1 Å². The molecule has 1 saturated heterocycles. The molecule has 12 heteroatoms. The average molecular weight is 476 g/mol. The normalized spacial score (nSPS) is 19.4. The van der Waals surface area contributed by atoms with Crippen molar-refractivity contribution in [3.8, 4) is 0 Å². The fraction of sp³-hybridized carbons (Fsp3) is 0.800. The molecule has 0 spiro atoms. The molecule has 0 aromatic carbocycles. The maximum absolute atomic E-state index is 12.8. The molecule has 0 aromatic heterocycles. The highest BCUT2D eigenvalue weighted by atomic mass is 32.2. The number of hydrogen-bond acceptors (Lipinski definition) is 8. The van der Waals surface area contributed by atoms with Crippen molar-refractivity contribution >= 4 is 35.5 Å². The Balaban J connectivity index is 2.85. The maximum Gasteiger partial charge on any atom is 0.326 e. The van der Waals surface area contributed by atoms with Crippen LogP contribution in [0.3, 0.4) is 0 Å². The molecule has 5 atom stereocenters. The molecule has 0 aliphatic carbocycles. The average Bonchev–Trinajstić information content (AvgIpc) is 3.28. The lowest BCUT2D eigenvalue weighted by Gasteiger charge is -2.26. The van der Waals surface area contributed by atoms with Crippen molar-refractivity contribution in [2.75, 3.05) is 25.1 Å². The predicted molar refractivity (Wildman–Crippen MR) is 122 cm³/mol. The molecule has 8 N–H and O–H groups in total. The second-order valence-electron chi connectivity index (χ2n) is 7.90. The van der Waals surface area contributed by atoms with Gasteiger partial charge >= 0.3 is 5.97 Å². The topological polar surface area (TPSA) is 183 Å². The third kappa shape index (κ3) is 9.72. The number of nitrogens with two attached hydrogens (primary N) is 1. The first-order valence-corrected chi connectivity index (χ1v) is 12.3. The number of carboxylic acids is 1. The predicted octanol–water partition coefficient (Wildman–Crippen LogP) is -1.46. The number of rotatable bonds is 15. The van der Waals surface area contributed by atoms with E-state index < -0.39 is 54.0 Å². The van der Waals surface area contributed by atoms with E-state index in [4.69, 9.17) is 5.73 Å². The van der Waals surface area contributed by atoms with Crippen molar-refractivity contribution in [3.63, 3.8) is 0 Å². The van der Waals surface area contributed by atoms with E-state index in [2.05, 4.69) is 21.3 Å².